The Bertz CT molecular complexity index is 1180. The predicted molar refractivity (Wildman–Crippen MR) is 130 cm³/mol. The first-order chi connectivity index (χ1) is 16.3. The van der Waals surface area contributed by atoms with Gasteiger partial charge in [-0.25, -0.2) is 8.78 Å². The van der Waals surface area contributed by atoms with Gasteiger partial charge in [-0.2, -0.15) is 0 Å². The van der Waals surface area contributed by atoms with Crippen molar-refractivity contribution in [3.8, 4) is 17.2 Å². The third-order valence-electron chi connectivity index (χ3n) is 4.93. The zero-order valence-corrected chi connectivity index (χ0v) is 20.0. The van der Waals surface area contributed by atoms with E-state index in [0.717, 1.165) is 0 Å². The van der Waals surface area contributed by atoms with E-state index in [2.05, 4.69) is 5.32 Å². The quantitative estimate of drug-likeness (QED) is 0.269. The van der Waals surface area contributed by atoms with Gasteiger partial charge in [-0.05, 0) is 49.4 Å². The maximum absolute atomic E-state index is 14.6. The number of carbonyl (C=O) groups excluding carboxylic acids is 1. The van der Waals surface area contributed by atoms with Crippen molar-refractivity contribution in [2.75, 3.05) is 13.7 Å². The van der Waals surface area contributed by atoms with Crippen molar-refractivity contribution in [2.24, 2.45) is 5.73 Å². The van der Waals surface area contributed by atoms with E-state index in [4.69, 9.17) is 25.4 Å². The fraction of sp³-hybridized carbons (Fsp3) is 0.200. The number of nitrogens with two attached hydrogens (primary N) is 1. The van der Waals surface area contributed by atoms with Crippen molar-refractivity contribution >= 4 is 24.1 Å². The van der Waals surface area contributed by atoms with Crippen molar-refractivity contribution in [2.45, 2.75) is 19.6 Å². The highest BCUT2D eigenvalue weighted by atomic mass is 35.5. The first-order valence-corrected chi connectivity index (χ1v) is 10.5. The van der Waals surface area contributed by atoms with Crippen LogP contribution in [-0.2, 0) is 16.1 Å². The van der Waals surface area contributed by atoms with Gasteiger partial charge in [0.2, 0.25) is 0 Å². The number of benzene rings is 3. The minimum Gasteiger partial charge on any atom is -0.497 e. The van der Waals surface area contributed by atoms with Crippen LogP contribution in [0.5, 0.6) is 17.2 Å². The molecule has 1 atom stereocenters. The molecule has 0 heterocycles. The fourth-order valence-electron chi connectivity index (χ4n) is 3.19. The molecule has 0 aliphatic rings. The molecule has 4 N–H and O–H groups in total. The molecule has 7 nitrogen and oxygen atoms in total. The predicted octanol–water partition coefficient (Wildman–Crippen LogP) is 4.87. The van der Waals surface area contributed by atoms with Gasteiger partial charge in [0.15, 0.2) is 6.10 Å². The molecule has 186 valence electrons. The second-order valence-electron chi connectivity index (χ2n) is 7.23. The summed E-state index contributed by atoms with van der Waals surface area (Å²) in [7, 11) is 1.42. The molecule has 3 aromatic rings. The molecule has 0 saturated carbocycles. The van der Waals surface area contributed by atoms with Gasteiger partial charge < -0.3 is 25.3 Å². The van der Waals surface area contributed by atoms with Crippen LogP contribution in [0, 0.1) is 17.0 Å². The molecule has 0 aliphatic carbocycles. The van der Waals surface area contributed by atoms with Gasteiger partial charge in [-0.1, -0.05) is 12.1 Å². The molecule has 0 aromatic heterocycles. The number of halogens is 3. The molecular weight excluding hydrogens is 480 g/mol. The fourth-order valence-corrected chi connectivity index (χ4v) is 3.19. The Morgan fingerprint density at radius 1 is 1.06 bits per heavy atom. The highest BCUT2D eigenvalue weighted by Gasteiger charge is 2.25. The van der Waals surface area contributed by atoms with Gasteiger partial charge in [0.05, 0.1) is 7.11 Å². The molecule has 3 aromatic carbocycles. The molecule has 1 amide bonds. The number of carbonyl (C=O) groups is 1. The average Bonchev–Trinajstić information content (AvgIpc) is 2.83. The zero-order valence-electron chi connectivity index (χ0n) is 19.1. The third kappa shape index (κ3) is 7.14. The summed E-state index contributed by atoms with van der Waals surface area (Å²) in [5.74, 6) is -0.736. The first-order valence-electron chi connectivity index (χ1n) is 10.5. The maximum Gasteiger partial charge on any atom is 0.254 e. The highest BCUT2D eigenvalue weighted by molar-refractivity contribution is 5.95. The molecule has 0 saturated heterocycles. The minimum atomic E-state index is -1.17. The summed E-state index contributed by atoms with van der Waals surface area (Å²) in [6, 6.07) is 14.4. The summed E-state index contributed by atoms with van der Waals surface area (Å²) < 4.78 is 44.2. The van der Waals surface area contributed by atoms with E-state index in [0.29, 0.717) is 28.4 Å². The van der Waals surface area contributed by atoms with Crippen LogP contribution in [0.15, 0.2) is 60.7 Å². The van der Waals surface area contributed by atoms with Crippen LogP contribution in [0.3, 0.4) is 0 Å². The minimum absolute atomic E-state index is 0. The van der Waals surface area contributed by atoms with Crippen LogP contribution in [0.1, 0.15) is 29.7 Å². The molecule has 0 spiro atoms. The van der Waals surface area contributed by atoms with Gasteiger partial charge in [0.25, 0.3) is 5.91 Å². The van der Waals surface area contributed by atoms with Crippen LogP contribution < -0.4 is 20.5 Å². The number of rotatable bonds is 10. The van der Waals surface area contributed by atoms with Gasteiger partial charge in [-0.3, -0.25) is 10.2 Å². The topological polar surface area (TPSA) is 107 Å². The monoisotopic (exact) mass is 505 g/mol. The largest absolute Gasteiger partial charge is 0.497 e. The third-order valence-corrected chi connectivity index (χ3v) is 4.93. The summed E-state index contributed by atoms with van der Waals surface area (Å²) >= 11 is 0. The van der Waals surface area contributed by atoms with Crippen molar-refractivity contribution in [3.05, 3.63) is 89.0 Å². The Morgan fingerprint density at radius 3 is 2.34 bits per heavy atom. The molecule has 1 unspecified atom stereocenters. The number of hydrogen-bond donors (Lipinski definition) is 3. The lowest BCUT2D eigenvalue weighted by molar-refractivity contribution is -0.133. The van der Waals surface area contributed by atoms with E-state index in [9.17, 15) is 13.6 Å². The maximum atomic E-state index is 14.6. The standard InChI is InChI=1S/C25H25F2N3O4.ClH/c1-3-33-23(20-11-10-19(32-2)13-21(20)27)25(31)30-14-16-5-4-15(24(28)29)12-22(16)34-18-8-6-17(26)7-9-18;/h4-13,23H,3,14H2,1-2H3,(H3,28,29)(H,30,31);1H. The lowest BCUT2D eigenvalue weighted by Crippen LogP contribution is -2.31. The Kier molecular flexibility index (Phi) is 9.98. The smallest absolute Gasteiger partial charge is 0.254 e. The van der Waals surface area contributed by atoms with Crippen LogP contribution in [-0.4, -0.2) is 25.5 Å². The van der Waals surface area contributed by atoms with E-state index < -0.39 is 23.6 Å². The summed E-state index contributed by atoms with van der Waals surface area (Å²) in [6.45, 7) is 1.92. The number of ether oxygens (including phenoxy) is 3. The summed E-state index contributed by atoms with van der Waals surface area (Å²) in [5, 5.41) is 10.4. The Hall–Kier alpha value is -3.69. The molecule has 3 rings (SSSR count). The van der Waals surface area contributed by atoms with Crippen molar-refractivity contribution < 1.29 is 27.8 Å². The number of amidine groups is 1. The average molecular weight is 506 g/mol. The van der Waals surface area contributed by atoms with E-state index >= 15 is 0 Å². The number of nitrogen functional groups attached to an aromatic ring is 1. The Morgan fingerprint density at radius 2 is 1.74 bits per heavy atom. The Balaban J connectivity index is 0.00000432. The van der Waals surface area contributed by atoms with Gasteiger partial charge in [0.1, 0.15) is 34.7 Å². The normalized spacial score (nSPS) is 11.2. The SMILES string of the molecule is CCOC(C(=O)NCc1ccc(C(=N)N)cc1Oc1ccc(F)cc1)c1ccc(OC)cc1F.Cl. The van der Waals surface area contributed by atoms with Crippen LogP contribution >= 0.6 is 12.4 Å². The molecule has 0 aliphatic heterocycles. The summed E-state index contributed by atoms with van der Waals surface area (Å²) in [6.07, 6.45) is -1.17. The summed E-state index contributed by atoms with van der Waals surface area (Å²) in [4.78, 5) is 12.9. The molecule has 10 heteroatoms. The second-order valence-corrected chi connectivity index (χ2v) is 7.23. The molecule has 35 heavy (non-hydrogen) atoms. The van der Waals surface area contributed by atoms with Crippen LogP contribution in [0.25, 0.3) is 0 Å². The number of hydrogen-bond acceptors (Lipinski definition) is 5. The van der Waals surface area contributed by atoms with Crippen LogP contribution in [0.2, 0.25) is 0 Å². The number of methoxy groups -OCH3 is 1. The molecule has 0 bridgehead atoms. The first kappa shape index (κ1) is 27.6. The van der Waals surface area contributed by atoms with Crippen molar-refractivity contribution in [1.82, 2.24) is 5.32 Å². The van der Waals surface area contributed by atoms with Crippen LogP contribution in [0.4, 0.5) is 8.78 Å². The Labute approximate surface area is 208 Å². The molecule has 0 radical (unpaired) electrons. The lowest BCUT2D eigenvalue weighted by Gasteiger charge is -2.19. The van der Waals surface area contributed by atoms with E-state index in [1.54, 1.807) is 31.2 Å². The van der Waals surface area contributed by atoms with Gasteiger partial charge >= 0.3 is 0 Å². The van der Waals surface area contributed by atoms with E-state index in [1.807, 2.05) is 0 Å². The summed E-state index contributed by atoms with van der Waals surface area (Å²) in [5.41, 5.74) is 6.65. The van der Waals surface area contributed by atoms with Crippen molar-refractivity contribution in [3.63, 3.8) is 0 Å². The van der Waals surface area contributed by atoms with Gasteiger partial charge in [-0.15, -0.1) is 12.4 Å². The second kappa shape index (κ2) is 12.7. The van der Waals surface area contributed by atoms with Gasteiger partial charge in [0, 0.05) is 35.9 Å². The van der Waals surface area contributed by atoms with E-state index in [-0.39, 0.29) is 37.0 Å². The zero-order chi connectivity index (χ0) is 24.7. The number of amides is 1. The molecular formula is C25H26ClF2N3O4. The number of nitrogens with one attached hydrogen (secondary N) is 2. The molecule has 0 fully saturated rings. The highest BCUT2D eigenvalue weighted by Crippen LogP contribution is 2.28. The van der Waals surface area contributed by atoms with E-state index in [1.165, 1.54) is 43.5 Å². The van der Waals surface area contributed by atoms with Crippen molar-refractivity contribution in [1.29, 1.82) is 5.41 Å². The lowest BCUT2D eigenvalue weighted by atomic mass is 10.1.